The number of pyridine rings is 1. The van der Waals surface area contributed by atoms with Crippen molar-refractivity contribution in [3.8, 4) is 0 Å². The summed E-state index contributed by atoms with van der Waals surface area (Å²) in [5.41, 5.74) is 0.899. The van der Waals surface area contributed by atoms with Crippen molar-refractivity contribution in [1.82, 2.24) is 9.47 Å². The van der Waals surface area contributed by atoms with Gasteiger partial charge in [0.25, 0.3) is 5.56 Å². The van der Waals surface area contributed by atoms with Crippen LogP contribution in [0.4, 0.5) is 18.9 Å². The van der Waals surface area contributed by atoms with Crippen LogP contribution >= 0.6 is 12.2 Å². The summed E-state index contributed by atoms with van der Waals surface area (Å²) < 4.78 is 39.9. The first-order chi connectivity index (χ1) is 12.8. The highest BCUT2D eigenvalue weighted by Crippen LogP contribution is 2.35. The Hall–Kier alpha value is -2.35. The molecule has 1 aromatic carbocycles. The lowest BCUT2D eigenvalue weighted by atomic mass is 9.83. The third-order valence-electron chi connectivity index (χ3n) is 5.23. The zero-order valence-corrected chi connectivity index (χ0v) is 15.2. The first-order valence-electron chi connectivity index (χ1n) is 8.74. The van der Waals surface area contributed by atoms with Crippen LogP contribution in [0.5, 0.6) is 0 Å². The molecule has 27 heavy (non-hydrogen) atoms. The van der Waals surface area contributed by atoms with Gasteiger partial charge in [0, 0.05) is 43.0 Å². The third kappa shape index (κ3) is 3.58. The molecule has 2 aliphatic heterocycles. The van der Waals surface area contributed by atoms with Gasteiger partial charge >= 0.3 is 6.18 Å². The molecule has 2 bridgehead atoms. The summed E-state index contributed by atoms with van der Waals surface area (Å²) in [7, 11) is 0. The molecule has 2 aromatic rings. The monoisotopic (exact) mass is 393 g/mol. The fourth-order valence-electron chi connectivity index (χ4n) is 4.01. The first kappa shape index (κ1) is 18.0. The Labute approximate surface area is 159 Å². The van der Waals surface area contributed by atoms with E-state index in [4.69, 9.17) is 12.2 Å². The molecule has 3 heterocycles. The van der Waals surface area contributed by atoms with Crippen LogP contribution in [0.2, 0.25) is 0 Å². The molecule has 4 rings (SSSR count). The summed E-state index contributed by atoms with van der Waals surface area (Å²) >= 11 is 5.49. The Morgan fingerprint density at radius 2 is 1.81 bits per heavy atom. The van der Waals surface area contributed by atoms with Gasteiger partial charge in [-0.25, -0.2) is 0 Å². The average molecular weight is 393 g/mol. The molecule has 142 valence electrons. The van der Waals surface area contributed by atoms with E-state index in [0.29, 0.717) is 29.8 Å². The van der Waals surface area contributed by atoms with Gasteiger partial charge in [-0.1, -0.05) is 6.07 Å². The second kappa shape index (κ2) is 6.67. The van der Waals surface area contributed by atoms with Gasteiger partial charge < -0.3 is 14.8 Å². The van der Waals surface area contributed by atoms with Crippen molar-refractivity contribution in [3.63, 3.8) is 0 Å². The summed E-state index contributed by atoms with van der Waals surface area (Å²) in [6.45, 7) is 2.08. The molecular formula is C19H18F3N3OS. The average Bonchev–Trinajstić information content (AvgIpc) is 2.62. The number of halogens is 3. The van der Waals surface area contributed by atoms with E-state index in [-0.39, 0.29) is 11.5 Å². The summed E-state index contributed by atoms with van der Waals surface area (Å²) in [5, 5.41) is 3.53. The number of nitrogens with zero attached hydrogens (tertiary/aromatic N) is 2. The fraction of sp³-hybridized carbons (Fsp3) is 0.368. The maximum atomic E-state index is 12.7. The topological polar surface area (TPSA) is 37.3 Å². The van der Waals surface area contributed by atoms with E-state index in [9.17, 15) is 18.0 Å². The minimum Gasteiger partial charge on any atom is -0.348 e. The molecule has 1 fully saturated rings. The predicted molar refractivity (Wildman–Crippen MR) is 101 cm³/mol. The number of nitrogens with one attached hydrogen (secondary N) is 1. The molecule has 0 radical (unpaired) electrons. The number of piperidine rings is 1. The summed E-state index contributed by atoms with van der Waals surface area (Å²) in [5.74, 6) is 0.544. The Morgan fingerprint density at radius 3 is 2.52 bits per heavy atom. The minimum atomic E-state index is -4.35. The molecule has 0 amide bonds. The van der Waals surface area contributed by atoms with Gasteiger partial charge in [-0.05, 0) is 54.9 Å². The van der Waals surface area contributed by atoms with Crippen LogP contribution in [0.1, 0.15) is 23.6 Å². The standard InChI is InChI=1S/C19H18F3N3OS/c20-19(21,22)14-4-6-15(7-5-14)23-18(27)24-9-12-8-13(11-24)16-2-1-3-17(26)25(16)10-12/h1-7,12-13H,8-11H2,(H,23,27)/t12-,13-/m1/s1. The van der Waals surface area contributed by atoms with Gasteiger partial charge in [0.1, 0.15) is 0 Å². The van der Waals surface area contributed by atoms with E-state index < -0.39 is 11.7 Å². The highest BCUT2D eigenvalue weighted by atomic mass is 32.1. The smallest absolute Gasteiger partial charge is 0.348 e. The van der Waals surface area contributed by atoms with Crippen LogP contribution in [0.25, 0.3) is 0 Å². The fourth-order valence-corrected chi connectivity index (χ4v) is 4.27. The molecule has 1 aromatic heterocycles. The number of anilines is 1. The number of rotatable bonds is 1. The Bertz CT molecular complexity index is 923. The molecule has 1 saturated heterocycles. The molecule has 0 saturated carbocycles. The number of fused-ring (bicyclic) bond motifs is 4. The number of hydrogen-bond donors (Lipinski definition) is 1. The lowest BCUT2D eigenvalue weighted by molar-refractivity contribution is -0.137. The van der Waals surface area contributed by atoms with E-state index in [1.807, 2.05) is 15.5 Å². The SMILES string of the molecule is O=c1cccc2n1C[C@@H]1C[C@@H]2CN(C(=S)Nc2ccc(C(F)(F)F)cc2)C1. The highest BCUT2D eigenvalue weighted by molar-refractivity contribution is 7.80. The van der Waals surface area contributed by atoms with Gasteiger partial charge in [0.05, 0.1) is 5.56 Å². The molecule has 4 nitrogen and oxygen atoms in total. The maximum Gasteiger partial charge on any atom is 0.416 e. The number of aromatic nitrogens is 1. The molecule has 0 aliphatic carbocycles. The molecule has 0 spiro atoms. The highest BCUT2D eigenvalue weighted by Gasteiger charge is 2.35. The first-order valence-corrected chi connectivity index (χ1v) is 9.15. The molecule has 1 N–H and O–H groups in total. The number of likely N-dealkylation sites (tertiary alicyclic amines) is 1. The summed E-state index contributed by atoms with van der Waals surface area (Å²) in [4.78, 5) is 14.1. The molecule has 8 heteroatoms. The molecule has 2 atom stereocenters. The molecular weight excluding hydrogens is 375 g/mol. The Morgan fingerprint density at radius 1 is 1.07 bits per heavy atom. The lowest BCUT2D eigenvalue weighted by Gasteiger charge is -2.43. The number of benzene rings is 1. The second-order valence-corrected chi connectivity index (χ2v) is 7.50. The summed E-state index contributed by atoms with van der Waals surface area (Å²) in [6, 6.07) is 10.2. The van der Waals surface area contributed by atoms with Crippen LogP contribution in [0.3, 0.4) is 0 Å². The van der Waals surface area contributed by atoms with E-state index in [0.717, 1.165) is 30.8 Å². The van der Waals surface area contributed by atoms with Crippen molar-refractivity contribution in [3.05, 3.63) is 64.1 Å². The van der Waals surface area contributed by atoms with Gasteiger partial charge in [-0.15, -0.1) is 0 Å². The minimum absolute atomic E-state index is 0.0288. The van der Waals surface area contributed by atoms with Crippen molar-refractivity contribution in [1.29, 1.82) is 0 Å². The zero-order chi connectivity index (χ0) is 19.2. The lowest BCUT2D eigenvalue weighted by Crippen LogP contribution is -2.50. The molecule has 0 unspecified atom stereocenters. The Kier molecular flexibility index (Phi) is 4.46. The van der Waals surface area contributed by atoms with Crippen molar-refractivity contribution >= 4 is 23.0 Å². The summed E-state index contributed by atoms with van der Waals surface area (Å²) in [6.07, 6.45) is -3.34. The second-order valence-electron chi connectivity index (χ2n) is 7.11. The van der Waals surface area contributed by atoms with Crippen LogP contribution in [0, 0.1) is 5.92 Å². The number of alkyl halides is 3. The van der Waals surface area contributed by atoms with Crippen LogP contribution in [-0.2, 0) is 12.7 Å². The molecule has 2 aliphatic rings. The number of thiocarbonyl (C=S) groups is 1. The van der Waals surface area contributed by atoms with Crippen molar-refractivity contribution in [2.75, 3.05) is 18.4 Å². The van der Waals surface area contributed by atoms with E-state index >= 15 is 0 Å². The quantitative estimate of drug-likeness (QED) is 0.750. The third-order valence-corrected chi connectivity index (χ3v) is 5.59. The van der Waals surface area contributed by atoms with E-state index in [1.165, 1.54) is 12.1 Å². The van der Waals surface area contributed by atoms with Gasteiger partial charge in [0.2, 0.25) is 0 Å². The Balaban J connectivity index is 1.47. The van der Waals surface area contributed by atoms with Gasteiger partial charge in [0.15, 0.2) is 5.11 Å². The van der Waals surface area contributed by atoms with Crippen molar-refractivity contribution in [2.24, 2.45) is 5.92 Å². The number of hydrogen-bond acceptors (Lipinski definition) is 2. The zero-order valence-electron chi connectivity index (χ0n) is 14.4. The van der Waals surface area contributed by atoms with E-state index in [2.05, 4.69) is 5.32 Å². The van der Waals surface area contributed by atoms with E-state index in [1.54, 1.807) is 12.1 Å². The van der Waals surface area contributed by atoms with Crippen LogP contribution in [0.15, 0.2) is 47.3 Å². The van der Waals surface area contributed by atoms with Gasteiger partial charge in [-0.3, -0.25) is 4.79 Å². The van der Waals surface area contributed by atoms with Crippen LogP contribution in [-0.4, -0.2) is 27.7 Å². The van der Waals surface area contributed by atoms with Gasteiger partial charge in [-0.2, -0.15) is 13.2 Å². The van der Waals surface area contributed by atoms with Crippen LogP contribution < -0.4 is 10.9 Å². The van der Waals surface area contributed by atoms with Crippen molar-refractivity contribution < 1.29 is 13.2 Å². The normalized spacial score (nSPS) is 21.5. The van der Waals surface area contributed by atoms with Crippen molar-refractivity contribution in [2.45, 2.75) is 25.1 Å². The largest absolute Gasteiger partial charge is 0.416 e. The predicted octanol–water partition coefficient (Wildman–Crippen LogP) is 3.68. The maximum absolute atomic E-state index is 12.7.